The zero-order chi connectivity index (χ0) is 19.7. The Morgan fingerprint density at radius 3 is 2.00 bits per heavy atom. The number of nitrogens with zero attached hydrogens (tertiary/aromatic N) is 3. The van der Waals surface area contributed by atoms with E-state index in [1.54, 1.807) is 41.3 Å². The number of hydrogen-bond acceptors (Lipinski definition) is 4. The molecule has 2 heterocycles. The Balaban J connectivity index is 1.32. The molecule has 3 amide bonds. The molecule has 7 heteroatoms. The molecule has 2 aromatic rings. The lowest BCUT2D eigenvalue weighted by molar-refractivity contribution is -0.133. The van der Waals surface area contributed by atoms with Gasteiger partial charge in [-0.05, 0) is 29.8 Å². The zero-order valence-electron chi connectivity index (χ0n) is 15.3. The van der Waals surface area contributed by atoms with Crippen LogP contribution in [0.2, 0.25) is 0 Å². The Morgan fingerprint density at radius 2 is 1.43 bits per heavy atom. The molecular weight excluding hydrogens is 361 g/mol. The van der Waals surface area contributed by atoms with Crippen molar-refractivity contribution in [3.05, 3.63) is 71.0 Å². The van der Waals surface area contributed by atoms with Gasteiger partial charge in [0.1, 0.15) is 12.4 Å². The SMILES string of the molecule is O=C(CN1C(=O)c2ccccc2C1=O)N1CCN(Cc2ccc(F)cc2)CC1. The van der Waals surface area contributed by atoms with E-state index in [0.29, 0.717) is 43.9 Å². The van der Waals surface area contributed by atoms with E-state index in [9.17, 15) is 18.8 Å². The number of halogens is 1. The molecule has 144 valence electrons. The van der Waals surface area contributed by atoms with Gasteiger partial charge in [0.05, 0.1) is 11.1 Å². The molecule has 4 rings (SSSR count). The maximum absolute atomic E-state index is 13.0. The first-order valence-electron chi connectivity index (χ1n) is 9.23. The lowest BCUT2D eigenvalue weighted by Gasteiger charge is -2.35. The molecule has 1 saturated heterocycles. The smallest absolute Gasteiger partial charge is 0.262 e. The van der Waals surface area contributed by atoms with E-state index >= 15 is 0 Å². The largest absolute Gasteiger partial charge is 0.339 e. The molecule has 0 aromatic heterocycles. The average molecular weight is 381 g/mol. The Bertz CT molecular complexity index is 886. The number of piperazine rings is 1. The van der Waals surface area contributed by atoms with Crippen molar-refractivity contribution in [2.24, 2.45) is 0 Å². The fourth-order valence-corrected chi connectivity index (χ4v) is 3.62. The topological polar surface area (TPSA) is 60.9 Å². The molecule has 0 radical (unpaired) electrons. The van der Waals surface area contributed by atoms with E-state index in [2.05, 4.69) is 4.90 Å². The van der Waals surface area contributed by atoms with Crippen molar-refractivity contribution in [1.82, 2.24) is 14.7 Å². The van der Waals surface area contributed by atoms with Crippen molar-refractivity contribution in [1.29, 1.82) is 0 Å². The summed E-state index contributed by atoms with van der Waals surface area (Å²) >= 11 is 0. The molecule has 28 heavy (non-hydrogen) atoms. The molecule has 0 atom stereocenters. The van der Waals surface area contributed by atoms with Crippen molar-refractivity contribution in [3.8, 4) is 0 Å². The van der Waals surface area contributed by atoms with Gasteiger partial charge >= 0.3 is 0 Å². The first kappa shape index (κ1) is 18.3. The summed E-state index contributed by atoms with van der Waals surface area (Å²) in [5.74, 6) is -1.31. The van der Waals surface area contributed by atoms with E-state index in [4.69, 9.17) is 0 Å². The third-order valence-corrected chi connectivity index (χ3v) is 5.22. The molecule has 0 unspecified atom stereocenters. The molecule has 2 aliphatic rings. The summed E-state index contributed by atoms with van der Waals surface area (Å²) in [7, 11) is 0. The fraction of sp³-hybridized carbons (Fsp3) is 0.286. The van der Waals surface area contributed by atoms with Crippen LogP contribution in [0.4, 0.5) is 4.39 Å². The molecule has 0 spiro atoms. The van der Waals surface area contributed by atoms with Crippen LogP contribution in [-0.4, -0.2) is 65.1 Å². The number of amides is 3. The Morgan fingerprint density at radius 1 is 0.857 bits per heavy atom. The number of benzene rings is 2. The van der Waals surface area contributed by atoms with Gasteiger partial charge in [-0.1, -0.05) is 24.3 Å². The highest BCUT2D eigenvalue weighted by atomic mass is 19.1. The van der Waals surface area contributed by atoms with E-state index in [-0.39, 0.29) is 18.3 Å². The second kappa shape index (κ2) is 7.52. The minimum Gasteiger partial charge on any atom is -0.339 e. The quantitative estimate of drug-likeness (QED) is 0.758. The van der Waals surface area contributed by atoms with Crippen LogP contribution in [0.5, 0.6) is 0 Å². The van der Waals surface area contributed by atoms with Crippen LogP contribution < -0.4 is 0 Å². The van der Waals surface area contributed by atoms with Crippen molar-refractivity contribution in [3.63, 3.8) is 0 Å². The molecule has 0 saturated carbocycles. The van der Waals surface area contributed by atoms with Crippen LogP contribution >= 0.6 is 0 Å². The van der Waals surface area contributed by atoms with E-state index in [0.717, 1.165) is 10.5 Å². The van der Waals surface area contributed by atoms with Crippen molar-refractivity contribution >= 4 is 17.7 Å². The minimum atomic E-state index is -0.413. The predicted octanol–water partition coefficient (Wildman–Crippen LogP) is 1.77. The molecule has 2 aliphatic heterocycles. The van der Waals surface area contributed by atoms with Crippen molar-refractivity contribution < 1.29 is 18.8 Å². The van der Waals surface area contributed by atoms with Gasteiger partial charge in [0.25, 0.3) is 11.8 Å². The maximum atomic E-state index is 13.0. The molecular formula is C21H20FN3O3. The molecule has 1 fully saturated rings. The number of hydrogen-bond donors (Lipinski definition) is 0. The standard InChI is InChI=1S/C21H20FN3O3/c22-16-7-5-15(6-8-16)13-23-9-11-24(12-10-23)19(26)14-25-20(27)17-3-1-2-4-18(17)21(25)28/h1-8H,9-14H2. The van der Waals surface area contributed by atoms with Gasteiger partial charge in [-0.3, -0.25) is 24.2 Å². The van der Waals surface area contributed by atoms with Gasteiger partial charge in [-0.25, -0.2) is 4.39 Å². The van der Waals surface area contributed by atoms with Crippen LogP contribution in [0, 0.1) is 5.82 Å². The zero-order valence-corrected chi connectivity index (χ0v) is 15.3. The van der Waals surface area contributed by atoms with Crippen LogP contribution in [0.15, 0.2) is 48.5 Å². The molecule has 2 aromatic carbocycles. The number of carbonyl (C=O) groups is 3. The highest BCUT2D eigenvalue weighted by Crippen LogP contribution is 2.22. The lowest BCUT2D eigenvalue weighted by Crippen LogP contribution is -2.51. The van der Waals surface area contributed by atoms with Gasteiger partial charge in [0.15, 0.2) is 0 Å². The Hall–Kier alpha value is -3.06. The van der Waals surface area contributed by atoms with Crippen LogP contribution in [0.1, 0.15) is 26.3 Å². The Labute approximate surface area is 162 Å². The van der Waals surface area contributed by atoms with Crippen LogP contribution in [0.3, 0.4) is 0 Å². The molecule has 0 aliphatic carbocycles. The maximum Gasteiger partial charge on any atom is 0.262 e. The molecule has 0 bridgehead atoms. The lowest BCUT2D eigenvalue weighted by atomic mass is 10.1. The Kier molecular flexibility index (Phi) is 4.92. The van der Waals surface area contributed by atoms with Gasteiger partial charge in [0.2, 0.25) is 5.91 Å². The minimum absolute atomic E-state index is 0.226. The first-order chi connectivity index (χ1) is 13.5. The summed E-state index contributed by atoms with van der Waals surface area (Å²) in [6.45, 7) is 2.90. The highest BCUT2D eigenvalue weighted by molar-refractivity contribution is 6.22. The van der Waals surface area contributed by atoms with Gasteiger partial charge < -0.3 is 4.90 Å². The van der Waals surface area contributed by atoms with E-state index in [1.807, 2.05) is 0 Å². The third-order valence-electron chi connectivity index (χ3n) is 5.22. The number of carbonyl (C=O) groups excluding carboxylic acids is 3. The molecule has 0 N–H and O–H groups in total. The summed E-state index contributed by atoms with van der Waals surface area (Å²) in [6.07, 6.45) is 0. The highest BCUT2D eigenvalue weighted by Gasteiger charge is 2.37. The number of rotatable bonds is 4. The normalized spacial score (nSPS) is 17.2. The monoisotopic (exact) mass is 381 g/mol. The average Bonchev–Trinajstić information content (AvgIpc) is 2.95. The first-order valence-corrected chi connectivity index (χ1v) is 9.23. The van der Waals surface area contributed by atoms with Crippen LogP contribution in [0.25, 0.3) is 0 Å². The van der Waals surface area contributed by atoms with Gasteiger partial charge in [0, 0.05) is 32.7 Å². The second-order valence-corrected chi connectivity index (χ2v) is 7.03. The number of fused-ring (bicyclic) bond motifs is 1. The van der Waals surface area contributed by atoms with Crippen molar-refractivity contribution in [2.45, 2.75) is 6.54 Å². The summed E-state index contributed by atoms with van der Waals surface area (Å²) in [5.41, 5.74) is 1.72. The van der Waals surface area contributed by atoms with Crippen LogP contribution in [-0.2, 0) is 11.3 Å². The fourth-order valence-electron chi connectivity index (χ4n) is 3.62. The summed E-state index contributed by atoms with van der Waals surface area (Å²) < 4.78 is 13.0. The van der Waals surface area contributed by atoms with Crippen molar-refractivity contribution in [2.75, 3.05) is 32.7 Å². The van der Waals surface area contributed by atoms with Gasteiger partial charge in [-0.2, -0.15) is 0 Å². The van der Waals surface area contributed by atoms with E-state index in [1.165, 1.54) is 12.1 Å². The summed E-state index contributed by atoms with van der Waals surface area (Å²) in [4.78, 5) is 42.3. The van der Waals surface area contributed by atoms with E-state index < -0.39 is 11.8 Å². The second-order valence-electron chi connectivity index (χ2n) is 7.03. The van der Waals surface area contributed by atoms with Gasteiger partial charge in [-0.15, -0.1) is 0 Å². The number of imide groups is 1. The molecule has 6 nitrogen and oxygen atoms in total. The predicted molar refractivity (Wildman–Crippen MR) is 100 cm³/mol. The summed E-state index contributed by atoms with van der Waals surface area (Å²) in [6, 6.07) is 13.0. The third kappa shape index (κ3) is 3.53. The summed E-state index contributed by atoms with van der Waals surface area (Å²) in [5, 5.41) is 0.